The van der Waals surface area contributed by atoms with Gasteiger partial charge in [-0.25, -0.2) is 0 Å². The molecule has 0 saturated heterocycles. The zero-order valence-electron chi connectivity index (χ0n) is 12.4. The number of aromatic hydroxyl groups is 1. The number of hydrogen-bond acceptors (Lipinski definition) is 4. The summed E-state index contributed by atoms with van der Waals surface area (Å²) < 4.78 is 3.72. The van der Waals surface area contributed by atoms with Crippen LogP contribution in [0.25, 0.3) is 0 Å². The maximum atomic E-state index is 11.0. The summed E-state index contributed by atoms with van der Waals surface area (Å²) in [5.74, 6) is 0.440. The predicted molar refractivity (Wildman–Crippen MR) is 79.9 cm³/mol. The van der Waals surface area contributed by atoms with E-state index in [0.29, 0.717) is 5.75 Å². The molecule has 0 radical (unpaired) electrons. The molecule has 0 spiro atoms. The summed E-state index contributed by atoms with van der Waals surface area (Å²) >= 11 is 3.01. The van der Waals surface area contributed by atoms with Crippen LogP contribution in [-0.2, 0) is 14.1 Å². The highest BCUT2D eigenvalue weighted by molar-refractivity contribution is 7.98. The summed E-state index contributed by atoms with van der Waals surface area (Å²) in [7, 11) is 3.78. The summed E-state index contributed by atoms with van der Waals surface area (Å²) in [6, 6.07) is 6.83. The normalized spacial score (nSPS) is 9.33. The average Bonchev–Trinajstić information content (AvgIpc) is 2.40. The fraction of sp³-hybridized carbons (Fsp3) is 0.286. The summed E-state index contributed by atoms with van der Waals surface area (Å²) in [6.45, 7) is 0. The third-order valence-corrected chi connectivity index (χ3v) is 4.34. The van der Waals surface area contributed by atoms with Gasteiger partial charge in [-0.2, -0.15) is 9.13 Å². The highest BCUT2D eigenvalue weighted by Gasteiger charge is 2.08. The van der Waals surface area contributed by atoms with E-state index in [4.69, 9.17) is 0 Å². The van der Waals surface area contributed by atoms with E-state index in [9.17, 15) is 10.2 Å². The molecule has 0 aromatic carbocycles. The molecule has 0 aliphatic carbocycles. The van der Waals surface area contributed by atoms with E-state index < -0.39 is 0 Å². The highest BCUT2D eigenvalue weighted by Crippen LogP contribution is 2.20. The number of aromatic nitrogens is 2. The summed E-state index contributed by atoms with van der Waals surface area (Å²) in [5, 5.41) is 22.0. The molecule has 0 amide bonds. The number of nitrogens with zero attached hydrogens (tertiary/aromatic N) is 2. The Morgan fingerprint density at radius 1 is 0.952 bits per heavy atom. The minimum absolute atomic E-state index is 0. The molecule has 0 saturated carbocycles. The fourth-order valence-electron chi connectivity index (χ4n) is 1.65. The van der Waals surface area contributed by atoms with Crippen molar-refractivity contribution >= 4 is 23.5 Å². The Bertz CT molecular complexity index is 491. The Morgan fingerprint density at radius 3 is 1.76 bits per heavy atom. The van der Waals surface area contributed by atoms with E-state index in [0.717, 1.165) is 10.1 Å². The van der Waals surface area contributed by atoms with Crippen LogP contribution in [0.1, 0.15) is 0 Å². The first-order chi connectivity index (χ1) is 9.51. The van der Waals surface area contributed by atoms with E-state index in [1.807, 2.05) is 54.2 Å². The predicted octanol–water partition coefficient (Wildman–Crippen LogP) is -1.75. The van der Waals surface area contributed by atoms with Gasteiger partial charge in [0.2, 0.25) is 5.03 Å². The fourth-order valence-corrected chi connectivity index (χ4v) is 2.89. The molecule has 0 atom stereocenters. The molecule has 7 heteroatoms. The Hall–Kier alpha value is -0.670. The minimum Gasteiger partial charge on any atom is -1.00 e. The topological polar surface area (TPSA) is 51.1 Å². The van der Waals surface area contributed by atoms with Gasteiger partial charge in [0.15, 0.2) is 18.1 Å². The molecular formula is C14H19IN2O2S2. The zero-order valence-corrected chi connectivity index (χ0v) is 16.2. The first-order valence-corrected chi connectivity index (χ1v) is 8.37. The van der Waals surface area contributed by atoms with E-state index in [2.05, 4.69) is 0 Å². The monoisotopic (exact) mass is 438 g/mol. The number of aryl methyl sites for hydroxylation is 2. The highest BCUT2D eigenvalue weighted by atomic mass is 127. The molecule has 1 N–H and O–H groups in total. The molecule has 2 aromatic rings. The van der Waals surface area contributed by atoms with Crippen LogP contribution in [0, 0.1) is 0 Å². The molecule has 0 fully saturated rings. The third-order valence-electron chi connectivity index (χ3n) is 2.58. The van der Waals surface area contributed by atoms with Crippen LogP contribution in [0.2, 0.25) is 0 Å². The van der Waals surface area contributed by atoms with Crippen LogP contribution in [0.4, 0.5) is 0 Å². The van der Waals surface area contributed by atoms with Crippen LogP contribution in [0.3, 0.4) is 0 Å². The van der Waals surface area contributed by atoms with Gasteiger partial charge in [-0.1, -0.05) is 29.6 Å². The minimum atomic E-state index is 0. The number of halogens is 1. The number of thioether (sulfide) groups is 2. The van der Waals surface area contributed by atoms with Crippen molar-refractivity contribution in [2.75, 3.05) is 12.5 Å². The van der Waals surface area contributed by atoms with Crippen LogP contribution >= 0.6 is 23.5 Å². The molecule has 21 heavy (non-hydrogen) atoms. The number of hydrogen-bond donors (Lipinski definition) is 1. The smallest absolute Gasteiger partial charge is 0.281 e. The van der Waals surface area contributed by atoms with Crippen molar-refractivity contribution in [1.82, 2.24) is 0 Å². The van der Waals surface area contributed by atoms with Gasteiger partial charge in [0.1, 0.15) is 14.1 Å². The lowest BCUT2D eigenvalue weighted by atomic mass is 10.4. The quantitative estimate of drug-likeness (QED) is 0.344. The summed E-state index contributed by atoms with van der Waals surface area (Å²) in [6.07, 6.45) is 7.62. The van der Waals surface area contributed by atoms with E-state index >= 15 is 0 Å². The van der Waals surface area contributed by atoms with Gasteiger partial charge in [-0.15, -0.1) is 0 Å². The first-order valence-electron chi connectivity index (χ1n) is 5.92. The zero-order chi connectivity index (χ0) is 15.1. The Balaban J connectivity index is 0.000000364. The standard InChI is InChI=1S/2C7H9NOS.HI/c2*1-8-5-3-4-6(9)7(8)10-2;/h2*3-5H,1-2H3;1H. The number of rotatable bonds is 2. The molecule has 116 valence electrons. The lowest BCUT2D eigenvalue weighted by molar-refractivity contribution is -0.712. The molecule has 0 unspecified atom stereocenters. The third kappa shape index (κ3) is 5.91. The second-order valence-corrected chi connectivity index (χ2v) is 5.60. The van der Waals surface area contributed by atoms with Crippen molar-refractivity contribution in [1.29, 1.82) is 0 Å². The number of pyridine rings is 2. The Morgan fingerprint density at radius 2 is 1.43 bits per heavy atom. The van der Waals surface area contributed by atoms with Gasteiger partial charge in [-0.3, -0.25) is 0 Å². The van der Waals surface area contributed by atoms with Gasteiger partial charge in [-0.05, 0) is 24.3 Å². The van der Waals surface area contributed by atoms with Gasteiger partial charge in [0.05, 0.1) is 0 Å². The van der Waals surface area contributed by atoms with E-state index in [-0.39, 0.29) is 29.7 Å². The van der Waals surface area contributed by atoms with Crippen molar-refractivity contribution in [3.05, 3.63) is 36.7 Å². The summed E-state index contributed by atoms with van der Waals surface area (Å²) in [4.78, 5) is 0. The molecule has 2 heterocycles. The second kappa shape index (κ2) is 10.1. The Labute approximate surface area is 151 Å². The van der Waals surface area contributed by atoms with Gasteiger partial charge in [0.25, 0.3) is 5.03 Å². The van der Waals surface area contributed by atoms with Crippen molar-refractivity contribution in [2.45, 2.75) is 10.1 Å². The molecule has 0 aliphatic heterocycles. The van der Waals surface area contributed by atoms with Crippen LogP contribution < -0.4 is 38.2 Å². The van der Waals surface area contributed by atoms with Crippen molar-refractivity contribution in [2.24, 2.45) is 14.1 Å². The first kappa shape index (κ1) is 20.3. The summed E-state index contributed by atoms with van der Waals surface area (Å²) in [5.41, 5.74) is 0. The molecule has 2 aromatic heterocycles. The van der Waals surface area contributed by atoms with Crippen molar-refractivity contribution in [3.63, 3.8) is 0 Å². The van der Waals surface area contributed by atoms with Gasteiger partial charge < -0.3 is 34.2 Å². The molecule has 0 bridgehead atoms. The lowest BCUT2D eigenvalue weighted by Gasteiger charge is -2.06. The molecular weight excluding hydrogens is 419 g/mol. The maximum absolute atomic E-state index is 11.0. The average molecular weight is 438 g/mol. The van der Waals surface area contributed by atoms with Crippen molar-refractivity contribution < 1.29 is 43.3 Å². The van der Waals surface area contributed by atoms with Crippen LogP contribution in [0.15, 0.2) is 46.7 Å². The van der Waals surface area contributed by atoms with Crippen LogP contribution in [-0.4, -0.2) is 17.6 Å². The molecule has 4 nitrogen and oxygen atoms in total. The van der Waals surface area contributed by atoms with E-state index in [1.54, 1.807) is 18.2 Å². The van der Waals surface area contributed by atoms with Gasteiger partial charge >= 0.3 is 0 Å². The van der Waals surface area contributed by atoms with Crippen molar-refractivity contribution in [3.8, 4) is 11.5 Å². The maximum Gasteiger partial charge on any atom is 0.281 e. The molecule has 2 rings (SSSR count). The SMILES string of the molecule is CSc1c(O)ccc[n+]1C.CSc1c([O-])ccc[n+]1C.[I-]. The lowest BCUT2D eigenvalue weighted by Crippen LogP contribution is -3.00. The second-order valence-electron chi connectivity index (χ2n) is 4.01. The van der Waals surface area contributed by atoms with Gasteiger partial charge in [0, 0.05) is 12.1 Å². The largest absolute Gasteiger partial charge is 1.00 e. The van der Waals surface area contributed by atoms with Crippen LogP contribution in [0.5, 0.6) is 11.5 Å². The Kier molecular flexibility index (Phi) is 9.80. The van der Waals surface area contributed by atoms with E-state index in [1.165, 1.54) is 23.5 Å². The molecule has 0 aliphatic rings.